The number of primary amides is 1. The molecule has 48 nitrogen and oxygen atoms in total. The molecule has 0 radical (unpaired) electrons. The maximum absolute atomic E-state index is 15.2. The number of hydrogen-bond acceptors (Lipinski definition) is 25. The number of fused-ring (bicyclic) bond motifs is 1. The van der Waals surface area contributed by atoms with Crippen LogP contribution in [0.15, 0.2) is 60.8 Å². The smallest absolute Gasteiger partial charge is 0.325 e. The highest BCUT2D eigenvalue weighted by molar-refractivity contribution is 6.02. The predicted molar refractivity (Wildman–Crippen MR) is 488 cm³/mol. The number of carbonyl (C=O) groups is 20. The summed E-state index contributed by atoms with van der Waals surface area (Å²) in [5.74, 6) is -22.5. The molecule has 0 spiro atoms. The number of amides is 18. The van der Waals surface area contributed by atoms with E-state index in [0.29, 0.717) is 28.5 Å². The SMILES string of the molecule is CC[C@H](C)[C@H](NC(=O)[C@H](Cc1ccccc1)NC(=O)[C@H](CC(C)C)NC(=O)[C@H](CCCNC(=N)N)NC(=O)[C@@H](NC(=O)[C@H](C)N)C(C)C)C(=O)N[C@@H](CCC(=O)O)C(=O)N[C@@H](Cc1c[nH]c2ccccc12)C(=O)N[C@@H](CC(C)C)C(=O)N[C@@H](CCCCN)C(=O)N[C@@H](CC(N)=O)C(=O)NCC(=O)NCC(=O)N1CCC[C@H]1C(=O)N[C@@H](CO)C(=O)N[C@@H](CO)C(=O)NCC(=O)N[C@@H](C)C(=O)O. The summed E-state index contributed by atoms with van der Waals surface area (Å²) in [7, 11) is 0. The molecule has 748 valence electrons. The number of benzene rings is 2. The molecule has 135 heavy (non-hydrogen) atoms. The average Bonchev–Trinajstić information content (AvgIpc) is 1.71. The number of rotatable bonds is 60. The van der Waals surface area contributed by atoms with Crippen molar-refractivity contribution in [1.29, 1.82) is 5.41 Å². The van der Waals surface area contributed by atoms with Crippen molar-refractivity contribution in [3.8, 4) is 0 Å². The second-order valence-corrected chi connectivity index (χ2v) is 34.3. The largest absolute Gasteiger partial charge is 0.481 e. The number of para-hydroxylation sites is 1. The van der Waals surface area contributed by atoms with Crippen molar-refractivity contribution >= 4 is 135 Å². The van der Waals surface area contributed by atoms with Crippen molar-refractivity contribution in [2.75, 3.05) is 52.5 Å². The van der Waals surface area contributed by atoms with E-state index < -0.39 is 279 Å². The minimum absolute atomic E-state index is 0.0157. The number of nitrogens with one attached hydrogen (secondary N) is 19. The summed E-state index contributed by atoms with van der Waals surface area (Å²) in [6.45, 7) is 11.8. The van der Waals surface area contributed by atoms with E-state index in [9.17, 15) is 92.0 Å². The number of hydrogen-bond donors (Lipinski definition) is 27. The number of carboxylic acid groups (broad SMARTS) is 2. The zero-order chi connectivity index (χ0) is 101. The van der Waals surface area contributed by atoms with Crippen LogP contribution in [-0.4, -0.2) is 298 Å². The van der Waals surface area contributed by atoms with E-state index >= 15 is 19.2 Å². The van der Waals surface area contributed by atoms with Crippen LogP contribution >= 0.6 is 0 Å². The molecule has 1 aliphatic heterocycles. The molecule has 31 N–H and O–H groups in total. The minimum atomic E-state index is -1.83. The van der Waals surface area contributed by atoms with Gasteiger partial charge in [-0.2, -0.15) is 0 Å². The fraction of sp³-hybridized carbons (Fsp3) is 0.598. The maximum atomic E-state index is 15.2. The third-order valence-corrected chi connectivity index (χ3v) is 21.8. The van der Waals surface area contributed by atoms with Gasteiger partial charge in [-0.15, -0.1) is 0 Å². The molecule has 48 heteroatoms. The molecule has 0 unspecified atom stereocenters. The van der Waals surface area contributed by atoms with Crippen LogP contribution < -0.4 is 113 Å². The molecule has 4 rings (SSSR count). The number of aromatic nitrogens is 1. The molecular weight excluding hydrogens is 1770 g/mol. The number of likely N-dealkylation sites (tertiary alicyclic amines) is 1. The summed E-state index contributed by atoms with van der Waals surface area (Å²) < 4.78 is 0. The van der Waals surface area contributed by atoms with Crippen LogP contribution in [-0.2, 0) is 109 Å². The lowest BCUT2D eigenvalue weighted by Gasteiger charge is -2.30. The first-order chi connectivity index (χ1) is 63.7. The Bertz CT molecular complexity index is 4590. The molecule has 0 saturated carbocycles. The lowest BCUT2D eigenvalue weighted by molar-refractivity contribution is -0.141. The Kier molecular flexibility index (Phi) is 48.7. The van der Waals surface area contributed by atoms with E-state index in [-0.39, 0.29) is 102 Å². The van der Waals surface area contributed by atoms with Gasteiger partial charge in [0.25, 0.3) is 0 Å². The second kappa shape index (κ2) is 57.8. The third kappa shape index (κ3) is 39.7. The van der Waals surface area contributed by atoms with Crippen LogP contribution in [0, 0.1) is 29.1 Å². The Hall–Kier alpha value is -13.5. The van der Waals surface area contributed by atoms with Crippen molar-refractivity contribution in [3.05, 3.63) is 71.9 Å². The van der Waals surface area contributed by atoms with Gasteiger partial charge in [0.15, 0.2) is 5.96 Å². The molecule has 3 aromatic rings. The zero-order valence-corrected chi connectivity index (χ0v) is 77.7. The van der Waals surface area contributed by atoms with Gasteiger partial charge in [-0.05, 0) is 125 Å². The van der Waals surface area contributed by atoms with Crippen LogP contribution in [0.25, 0.3) is 10.9 Å². The van der Waals surface area contributed by atoms with Gasteiger partial charge in [0, 0.05) is 49.5 Å². The van der Waals surface area contributed by atoms with Crippen LogP contribution in [0.5, 0.6) is 0 Å². The highest BCUT2D eigenvalue weighted by Gasteiger charge is 2.41. The number of nitrogens with zero attached hydrogens (tertiary/aromatic N) is 1. The van der Waals surface area contributed by atoms with Gasteiger partial charge in [0.1, 0.15) is 84.6 Å². The van der Waals surface area contributed by atoms with Crippen molar-refractivity contribution in [3.63, 3.8) is 0 Å². The first-order valence-electron chi connectivity index (χ1n) is 44.9. The van der Waals surface area contributed by atoms with E-state index in [0.717, 1.165) is 11.8 Å². The summed E-state index contributed by atoms with van der Waals surface area (Å²) in [4.78, 5) is 278. The number of aliphatic hydroxyl groups excluding tert-OH is 2. The molecule has 18 amide bonds. The van der Waals surface area contributed by atoms with Crippen LogP contribution in [0.1, 0.15) is 164 Å². The van der Waals surface area contributed by atoms with Crippen molar-refractivity contribution in [2.45, 2.75) is 256 Å². The summed E-state index contributed by atoms with van der Waals surface area (Å²) in [6.07, 6.45) is -0.469. The highest BCUT2D eigenvalue weighted by atomic mass is 16.4. The molecule has 2 heterocycles. The van der Waals surface area contributed by atoms with E-state index in [1.54, 1.807) is 116 Å². The summed E-state index contributed by atoms with van der Waals surface area (Å²) >= 11 is 0. The molecular formula is C87H136N24O24. The standard InChI is InChI=1S/C87H136N24O24/c1-11-47(8)71(110-81(129)59(35-50-21-13-12-14-22-50)104-79(127)58(34-45(4)5)102-76(124)55(26-19-31-93-87(91)92)100-84(132)70(46(6)7)109-72(120)48(9)89)85(133)101-56(28-29-69(118)119)77(125)105-60(36-51-38-94-53-24-16-15-23-52(51)53)80(128)103-57(33-44(2)3)78(126)99-54(25-17-18-30-88)75(123)106-61(37-65(90)114)73(121)96-39-66(115)95-41-68(117)111-32-20-27-64(111)83(131)108-63(43-113)82(130)107-62(42-112)74(122)97-40-67(116)98-49(10)86(134)135/h12-16,21-24,38,44-49,54-64,70-71,94,112-113H,11,17-20,25-37,39-43,88-89H2,1-10H3,(H2,90,114)(H,95,115)(H,96,121)(H,97,122)(H,98,116)(H,99,126)(H,100,132)(H,101,133)(H,102,124)(H,103,128)(H,104,127)(H,105,125)(H,106,123)(H,107,130)(H,108,131)(H,109,120)(H,110,129)(H,118,119)(H,134,135)(H4,91,92,93)/t47-,48-,49-,54-,55-,56-,57-,58-,59-,60-,61-,62-,63-,64-,70-,71-/m0/s1. The molecule has 2 aromatic carbocycles. The molecule has 16 atom stereocenters. The fourth-order valence-corrected chi connectivity index (χ4v) is 14.2. The van der Waals surface area contributed by atoms with Gasteiger partial charge in [-0.3, -0.25) is 101 Å². The van der Waals surface area contributed by atoms with Gasteiger partial charge in [-0.1, -0.05) is 110 Å². The number of unbranched alkanes of at least 4 members (excludes halogenated alkanes) is 1. The number of H-pyrrole nitrogens is 1. The van der Waals surface area contributed by atoms with Crippen LogP contribution in [0.4, 0.5) is 0 Å². The Morgan fingerprint density at radius 1 is 0.481 bits per heavy atom. The lowest BCUT2D eigenvalue weighted by atomic mass is 9.96. The Morgan fingerprint density at radius 2 is 0.948 bits per heavy atom. The first-order valence-corrected chi connectivity index (χ1v) is 44.9. The number of nitrogens with two attached hydrogens (primary N) is 4. The zero-order valence-electron chi connectivity index (χ0n) is 77.7. The number of aliphatic hydroxyl groups is 2. The van der Waals surface area contributed by atoms with Crippen molar-refractivity contribution in [1.82, 2.24) is 100 Å². The summed E-state index contributed by atoms with van der Waals surface area (Å²) in [5.41, 5.74) is 24.3. The second-order valence-electron chi connectivity index (χ2n) is 34.3. The third-order valence-electron chi connectivity index (χ3n) is 21.8. The van der Waals surface area contributed by atoms with Crippen molar-refractivity contribution in [2.24, 2.45) is 46.6 Å². The first kappa shape index (κ1) is 114. The number of aromatic amines is 1. The fourth-order valence-electron chi connectivity index (χ4n) is 14.2. The lowest BCUT2D eigenvalue weighted by Crippen LogP contribution is -2.62. The molecule has 0 aliphatic carbocycles. The van der Waals surface area contributed by atoms with Gasteiger partial charge >= 0.3 is 11.9 Å². The Morgan fingerprint density at radius 3 is 1.48 bits per heavy atom. The topological polar surface area (TPSA) is 774 Å². The average molecular weight is 1900 g/mol. The molecule has 1 aromatic heterocycles. The summed E-state index contributed by atoms with van der Waals surface area (Å²) in [5, 5.41) is 89.4. The van der Waals surface area contributed by atoms with E-state index in [1.807, 2.05) is 0 Å². The van der Waals surface area contributed by atoms with E-state index in [4.69, 9.17) is 33.5 Å². The van der Waals surface area contributed by atoms with Gasteiger partial charge < -0.3 is 144 Å². The quantitative estimate of drug-likeness (QED) is 0.0142. The number of carbonyl (C=O) groups excluding carboxylic acids is 18. The monoisotopic (exact) mass is 1900 g/mol. The van der Waals surface area contributed by atoms with Gasteiger partial charge in [0.05, 0.1) is 45.3 Å². The maximum Gasteiger partial charge on any atom is 0.325 e. The number of guanidine groups is 1. The van der Waals surface area contributed by atoms with Crippen molar-refractivity contribution < 1.29 is 116 Å². The minimum Gasteiger partial charge on any atom is -0.481 e. The number of carboxylic acids is 2. The Balaban J connectivity index is 1.59. The molecule has 1 saturated heterocycles. The van der Waals surface area contributed by atoms with Crippen LogP contribution in [0.3, 0.4) is 0 Å². The summed E-state index contributed by atoms with van der Waals surface area (Å²) in [6, 6.07) is -7.03. The normalized spacial score (nSPS) is 15.7. The highest BCUT2D eigenvalue weighted by Crippen LogP contribution is 2.23. The van der Waals surface area contributed by atoms with E-state index in [2.05, 4.69) is 95.4 Å². The van der Waals surface area contributed by atoms with E-state index in [1.165, 1.54) is 6.92 Å². The molecule has 0 bridgehead atoms. The number of aliphatic carboxylic acids is 2. The van der Waals surface area contributed by atoms with Gasteiger partial charge in [0.2, 0.25) is 106 Å². The predicted octanol–water partition coefficient (Wildman–Crippen LogP) is -7.04. The molecule has 1 aliphatic rings. The van der Waals surface area contributed by atoms with Gasteiger partial charge in [-0.25, -0.2) is 0 Å². The van der Waals surface area contributed by atoms with Crippen LogP contribution in [0.2, 0.25) is 0 Å². The Labute approximate surface area is 781 Å². The molecule has 1 fully saturated rings.